The molecule has 0 aliphatic heterocycles. The fourth-order valence-corrected chi connectivity index (χ4v) is 2.97. The molecule has 1 unspecified atom stereocenters. The van der Waals surface area contributed by atoms with E-state index in [0.717, 1.165) is 0 Å². The van der Waals surface area contributed by atoms with E-state index in [4.69, 9.17) is 13.8 Å². The van der Waals surface area contributed by atoms with Crippen LogP contribution in [0.5, 0.6) is 0 Å². The Bertz CT molecular complexity index is 608. The first kappa shape index (κ1) is 22.6. The van der Waals surface area contributed by atoms with E-state index >= 15 is 0 Å². The molecule has 1 N–H and O–H groups in total. The summed E-state index contributed by atoms with van der Waals surface area (Å²) in [7, 11) is -1.24. The molecular formula is C16H27FN3O5P. The lowest BCUT2D eigenvalue weighted by atomic mass is 10.2. The highest BCUT2D eigenvalue weighted by atomic mass is 31.2. The van der Waals surface area contributed by atoms with Crippen LogP contribution in [-0.4, -0.2) is 47.8 Å². The van der Waals surface area contributed by atoms with Crippen molar-refractivity contribution < 1.29 is 23.0 Å². The summed E-state index contributed by atoms with van der Waals surface area (Å²) in [6.45, 7) is 7.34. The molecule has 10 heteroatoms. The molecule has 0 fully saturated rings. The average Bonchev–Trinajstić information content (AvgIpc) is 2.60. The normalized spacial score (nSPS) is 12.6. The molecular weight excluding hydrogens is 364 g/mol. The Hall–Kier alpha value is -1.41. The zero-order chi connectivity index (χ0) is 19.5. The molecule has 0 aromatic carbocycles. The quantitative estimate of drug-likeness (QED) is 0.551. The van der Waals surface area contributed by atoms with Crippen LogP contribution in [-0.2, 0) is 25.1 Å². The first-order valence-corrected chi connectivity index (χ1v) is 9.86. The lowest BCUT2D eigenvalue weighted by Crippen LogP contribution is -2.32. The van der Waals surface area contributed by atoms with Crippen molar-refractivity contribution in [2.24, 2.45) is 5.92 Å². The van der Waals surface area contributed by atoms with Gasteiger partial charge in [-0.15, -0.1) is 0 Å². The van der Waals surface area contributed by atoms with Crippen LogP contribution in [0.1, 0.15) is 27.7 Å². The molecule has 0 saturated heterocycles. The highest BCUT2D eigenvalue weighted by Gasteiger charge is 2.17. The van der Waals surface area contributed by atoms with Crippen LogP contribution in [0.25, 0.3) is 0 Å². The predicted molar refractivity (Wildman–Crippen MR) is 97.9 cm³/mol. The molecule has 0 radical (unpaired) electrons. The number of hydrogen-bond acceptors (Lipinski definition) is 6. The summed E-state index contributed by atoms with van der Waals surface area (Å²) in [5.74, 6) is -0.298. The number of nitrogens with zero attached hydrogens (tertiary/aromatic N) is 2. The van der Waals surface area contributed by atoms with Crippen molar-refractivity contribution in [3.8, 4) is 0 Å². The van der Waals surface area contributed by atoms with Crippen molar-refractivity contribution in [1.29, 1.82) is 0 Å². The van der Waals surface area contributed by atoms with Gasteiger partial charge in [-0.1, -0.05) is 13.8 Å². The maximum Gasteiger partial charge on any atom is 0.349 e. The van der Waals surface area contributed by atoms with Gasteiger partial charge in [-0.05, 0) is 19.9 Å². The number of halogens is 1. The lowest BCUT2D eigenvalue weighted by molar-refractivity contribution is -0.118. The molecule has 1 aromatic rings. The van der Waals surface area contributed by atoms with Gasteiger partial charge in [0.1, 0.15) is 24.9 Å². The standard InChI is InChI=1S/C16H27FN3O5P/c1-5-24-26(25-6-2)11-23-13(9-17)10-20-8-7-14(19-16(20)22)18-15(21)12(3)4/h7-8,12-13H,5-6,9-11H2,1-4H3,(H,18,19,21,22). The molecule has 0 spiro atoms. The van der Waals surface area contributed by atoms with E-state index in [1.165, 1.54) is 16.8 Å². The zero-order valence-corrected chi connectivity index (χ0v) is 16.5. The van der Waals surface area contributed by atoms with Crippen LogP contribution in [0.4, 0.5) is 10.2 Å². The van der Waals surface area contributed by atoms with Crippen LogP contribution in [0.15, 0.2) is 17.1 Å². The Kier molecular flexibility index (Phi) is 10.5. The Balaban J connectivity index is 2.67. The molecule has 0 aliphatic rings. The van der Waals surface area contributed by atoms with Crippen molar-refractivity contribution in [2.75, 3.05) is 31.6 Å². The molecule has 0 aliphatic carbocycles. The third-order valence-electron chi connectivity index (χ3n) is 3.18. The van der Waals surface area contributed by atoms with Gasteiger partial charge in [0.25, 0.3) is 0 Å². The van der Waals surface area contributed by atoms with Crippen molar-refractivity contribution in [1.82, 2.24) is 9.55 Å². The third-order valence-corrected chi connectivity index (χ3v) is 4.64. The van der Waals surface area contributed by atoms with Crippen LogP contribution in [0.3, 0.4) is 0 Å². The summed E-state index contributed by atoms with van der Waals surface area (Å²) in [4.78, 5) is 27.5. The molecule has 1 atom stereocenters. The van der Waals surface area contributed by atoms with Crippen molar-refractivity contribution >= 4 is 20.1 Å². The molecule has 1 aromatic heterocycles. The summed E-state index contributed by atoms with van der Waals surface area (Å²) in [5.41, 5.74) is -0.592. The molecule has 148 valence electrons. The predicted octanol–water partition coefficient (Wildman–Crippen LogP) is 2.53. The Morgan fingerprint density at radius 2 is 2.00 bits per heavy atom. The first-order valence-electron chi connectivity index (χ1n) is 8.50. The van der Waals surface area contributed by atoms with Crippen molar-refractivity contribution in [2.45, 2.75) is 40.3 Å². The van der Waals surface area contributed by atoms with Gasteiger partial charge in [0.05, 0.1) is 19.8 Å². The largest absolute Gasteiger partial charge is 0.364 e. The van der Waals surface area contributed by atoms with E-state index in [9.17, 15) is 14.0 Å². The summed E-state index contributed by atoms with van der Waals surface area (Å²) >= 11 is 0. The number of nitrogens with one attached hydrogen (secondary N) is 1. The van der Waals surface area contributed by atoms with Gasteiger partial charge >= 0.3 is 5.69 Å². The van der Waals surface area contributed by atoms with Crippen LogP contribution in [0, 0.1) is 5.92 Å². The van der Waals surface area contributed by atoms with Gasteiger partial charge in [-0.3, -0.25) is 9.36 Å². The van der Waals surface area contributed by atoms with Crippen LogP contribution >= 0.6 is 8.38 Å². The van der Waals surface area contributed by atoms with E-state index in [0.29, 0.717) is 13.2 Å². The highest BCUT2D eigenvalue weighted by molar-refractivity contribution is 7.47. The minimum absolute atomic E-state index is 0.00215. The number of ether oxygens (including phenoxy) is 1. The number of carbonyl (C=O) groups excluding carboxylic acids is 1. The topological polar surface area (TPSA) is 91.7 Å². The molecule has 0 bridgehead atoms. The molecule has 0 saturated carbocycles. The number of hydrogen-bond donors (Lipinski definition) is 1. The van der Waals surface area contributed by atoms with E-state index < -0.39 is 26.8 Å². The Morgan fingerprint density at radius 1 is 1.35 bits per heavy atom. The van der Waals surface area contributed by atoms with E-state index in [1.54, 1.807) is 13.8 Å². The second kappa shape index (κ2) is 12.1. The number of amides is 1. The number of carbonyl (C=O) groups is 1. The third kappa shape index (κ3) is 7.86. The number of alkyl halides is 1. The summed E-state index contributed by atoms with van der Waals surface area (Å²) in [5, 5.41) is 2.55. The number of anilines is 1. The lowest BCUT2D eigenvalue weighted by Gasteiger charge is -2.20. The van der Waals surface area contributed by atoms with E-state index in [1.807, 2.05) is 13.8 Å². The van der Waals surface area contributed by atoms with Gasteiger partial charge in [0.15, 0.2) is 8.38 Å². The highest BCUT2D eigenvalue weighted by Crippen LogP contribution is 2.38. The van der Waals surface area contributed by atoms with Gasteiger partial charge < -0.3 is 19.1 Å². The second-order valence-corrected chi connectivity index (χ2v) is 7.07. The second-order valence-electron chi connectivity index (χ2n) is 5.63. The molecule has 1 amide bonds. The minimum atomic E-state index is -1.24. The Morgan fingerprint density at radius 3 is 2.50 bits per heavy atom. The number of aromatic nitrogens is 2. The summed E-state index contributed by atoms with van der Waals surface area (Å²) in [6, 6.07) is 1.49. The first-order chi connectivity index (χ1) is 12.4. The molecule has 1 rings (SSSR count). The van der Waals surface area contributed by atoms with E-state index in [2.05, 4.69) is 10.3 Å². The number of rotatable bonds is 12. The van der Waals surface area contributed by atoms with Crippen LogP contribution < -0.4 is 11.0 Å². The molecule has 26 heavy (non-hydrogen) atoms. The van der Waals surface area contributed by atoms with Gasteiger partial charge in [-0.2, -0.15) is 4.98 Å². The summed E-state index contributed by atoms with van der Waals surface area (Å²) in [6.07, 6.45) is 0.748. The summed E-state index contributed by atoms with van der Waals surface area (Å²) < 4.78 is 30.8. The SMILES string of the molecule is CCOP(COC(CF)Cn1ccc(NC(=O)C(C)C)nc1=O)OCC. The molecule has 8 nitrogen and oxygen atoms in total. The van der Waals surface area contributed by atoms with Gasteiger partial charge in [0, 0.05) is 12.1 Å². The molecule has 1 heterocycles. The fraction of sp³-hybridized carbons (Fsp3) is 0.688. The monoisotopic (exact) mass is 391 g/mol. The van der Waals surface area contributed by atoms with Crippen molar-refractivity contribution in [3.63, 3.8) is 0 Å². The van der Waals surface area contributed by atoms with Gasteiger partial charge in [-0.25, -0.2) is 9.18 Å². The van der Waals surface area contributed by atoms with E-state index in [-0.39, 0.29) is 30.5 Å². The maximum atomic E-state index is 13.2. The maximum absolute atomic E-state index is 13.2. The van der Waals surface area contributed by atoms with Crippen LogP contribution in [0.2, 0.25) is 0 Å². The minimum Gasteiger partial charge on any atom is -0.364 e. The van der Waals surface area contributed by atoms with Crippen molar-refractivity contribution in [3.05, 3.63) is 22.7 Å². The fourth-order valence-electron chi connectivity index (χ4n) is 1.84. The zero-order valence-electron chi connectivity index (χ0n) is 15.6. The average molecular weight is 391 g/mol. The smallest absolute Gasteiger partial charge is 0.349 e. The Labute approximate surface area is 154 Å². The van der Waals surface area contributed by atoms with Gasteiger partial charge in [0.2, 0.25) is 5.91 Å².